The molecule has 0 heterocycles. The van der Waals surface area contributed by atoms with E-state index in [-0.39, 0.29) is 150 Å². The van der Waals surface area contributed by atoms with E-state index in [1.54, 1.807) is 0 Å². The Balaban J connectivity index is 6.34. The van der Waals surface area contributed by atoms with Gasteiger partial charge in [0.25, 0.3) is 7.59 Å². The van der Waals surface area contributed by atoms with Crippen LogP contribution in [-0.4, -0.2) is 120 Å². The summed E-state index contributed by atoms with van der Waals surface area (Å²) in [5, 5.41) is 8.83. The first kappa shape index (κ1) is 47.9. The molecule has 0 radical (unpaired) electrons. The zero-order chi connectivity index (χ0) is 38.8. The summed E-state index contributed by atoms with van der Waals surface area (Å²) in [4.78, 5) is 101. The van der Waals surface area contributed by atoms with Crippen LogP contribution in [0.25, 0.3) is 0 Å². The van der Waals surface area contributed by atoms with Crippen molar-refractivity contribution in [2.45, 2.75) is 119 Å². The van der Waals surface area contributed by atoms with Gasteiger partial charge in [-0.2, -0.15) is 0 Å². The normalized spacial score (nSPS) is 12.2. The van der Waals surface area contributed by atoms with Gasteiger partial charge in [-0.25, -0.2) is 14.8 Å². The van der Waals surface area contributed by atoms with Gasteiger partial charge >= 0.3 is 0 Å². The fourth-order valence-corrected chi connectivity index (χ4v) is 7.10. The van der Waals surface area contributed by atoms with E-state index in [9.17, 15) is 42.9 Å². The molecular formula is C35H63N6O9P. The number of carbonyl (C=O) groups excluding carboxylic acids is 8. The Morgan fingerprint density at radius 1 is 0.490 bits per heavy atom. The molecule has 1 unspecified atom stereocenters. The van der Waals surface area contributed by atoms with Crippen LogP contribution in [0, 0.1) is 0 Å². The van der Waals surface area contributed by atoms with Crippen molar-refractivity contribution in [2.75, 3.05) is 58.9 Å². The molecule has 0 aromatic rings. The molecule has 0 aliphatic heterocycles. The molecule has 0 saturated carbocycles. The summed E-state index contributed by atoms with van der Waals surface area (Å²) in [6, 6.07) is 0. The smallest absolute Gasteiger partial charge is 0.281 e. The fraction of sp³-hybridized carbons (Fsp3) is 0.771. The van der Waals surface area contributed by atoms with Gasteiger partial charge in [-0.3, -0.25) is 42.9 Å². The van der Waals surface area contributed by atoms with Crippen molar-refractivity contribution in [3.63, 3.8) is 0 Å². The lowest BCUT2D eigenvalue weighted by Gasteiger charge is -2.34. The van der Waals surface area contributed by atoms with Crippen molar-refractivity contribution >= 4 is 54.2 Å². The Morgan fingerprint density at radius 3 is 1.29 bits per heavy atom. The van der Waals surface area contributed by atoms with Gasteiger partial charge in [0.1, 0.15) is 28.9 Å². The van der Waals surface area contributed by atoms with Crippen molar-refractivity contribution in [2.24, 2.45) is 0 Å². The minimum absolute atomic E-state index is 0.0715. The highest BCUT2D eigenvalue weighted by molar-refractivity contribution is 7.57. The molecule has 3 amide bonds. The lowest BCUT2D eigenvalue weighted by Crippen LogP contribution is -2.43. The first-order valence-electron chi connectivity index (χ1n) is 18.2. The Labute approximate surface area is 304 Å². The zero-order valence-electron chi connectivity index (χ0n) is 31.8. The molecule has 3 N–H and O–H groups in total. The SMILES string of the molecule is CCCC(=O)CCCNP(=O)(NCCNC(=O)CCC)N(CCC(=O)N(CCC(C)=O)CCC(C)=O)CCC(=O)N(CCC(C)=O)CCC(C)=O. The van der Waals surface area contributed by atoms with Gasteiger partial charge in [0.2, 0.25) is 17.7 Å². The number of rotatable bonds is 32. The summed E-state index contributed by atoms with van der Waals surface area (Å²) in [6.45, 7) is 10.2. The van der Waals surface area contributed by atoms with Crippen LogP contribution in [0.5, 0.6) is 0 Å². The van der Waals surface area contributed by atoms with E-state index >= 15 is 0 Å². The first-order chi connectivity index (χ1) is 24.0. The van der Waals surface area contributed by atoms with Crippen LogP contribution >= 0.6 is 7.59 Å². The van der Waals surface area contributed by atoms with E-state index in [0.29, 0.717) is 25.7 Å². The van der Waals surface area contributed by atoms with Gasteiger partial charge in [-0.05, 0) is 47.0 Å². The Kier molecular flexibility index (Phi) is 25.8. The molecule has 0 fully saturated rings. The van der Waals surface area contributed by atoms with Crippen molar-refractivity contribution in [1.29, 1.82) is 0 Å². The number of nitrogens with zero attached hydrogens (tertiary/aromatic N) is 3. The highest BCUT2D eigenvalue weighted by atomic mass is 31.2. The molecule has 15 nitrogen and oxygen atoms in total. The first-order valence-corrected chi connectivity index (χ1v) is 19.9. The van der Waals surface area contributed by atoms with Crippen molar-refractivity contribution in [3.8, 4) is 0 Å². The molecule has 0 aliphatic rings. The quantitative estimate of drug-likeness (QED) is 0.0674. The molecule has 51 heavy (non-hydrogen) atoms. The largest absolute Gasteiger partial charge is 0.355 e. The van der Waals surface area contributed by atoms with Crippen LogP contribution in [0.1, 0.15) is 119 Å². The molecule has 0 saturated heterocycles. The molecule has 0 aliphatic carbocycles. The summed E-state index contributed by atoms with van der Waals surface area (Å²) in [6.07, 6.45) is 3.01. The second-order valence-electron chi connectivity index (χ2n) is 12.9. The van der Waals surface area contributed by atoms with E-state index in [0.717, 1.165) is 6.42 Å². The van der Waals surface area contributed by atoms with E-state index < -0.39 is 7.59 Å². The number of carbonyl (C=O) groups is 8. The Morgan fingerprint density at radius 2 is 0.902 bits per heavy atom. The van der Waals surface area contributed by atoms with Gasteiger partial charge in [-0.1, -0.05) is 13.8 Å². The van der Waals surface area contributed by atoms with E-state index in [2.05, 4.69) is 15.5 Å². The number of ketones is 5. The maximum absolute atomic E-state index is 14.8. The van der Waals surface area contributed by atoms with Crippen LogP contribution in [0.3, 0.4) is 0 Å². The van der Waals surface area contributed by atoms with E-state index in [1.807, 2.05) is 13.8 Å². The van der Waals surface area contributed by atoms with Crippen molar-refractivity contribution in [1.82, 2.24) is 30.0 Å². The molecule has 16 heteroatoms. The minimum atomic E-state index is -3.76. The number of hydrogen-bond acceptors (Lipinski definition) is 9. The molecule has 0 rings (SSSR count). The molecule has 292 valence electrons. The van der Waals surface area contributed by atoms with Crippen molar-refractivity contribution in [3.05, 3.63) is 0 Å². The fourth-order valence-electron chi connectivity index (χ4n) is 4.95. The number of hydrogen-bond donors (Lipinski definition) is 3. The third kappa shape index (κ3) is 23.9. The van der Waals surface area contributed by atoms with Crippen molar-refractivity contribution < 1.29 is 42.9 Å². The summed E-state index contributed by atoms with van der Waals surface area (Å²) in [7, 11) is -3.76. The lowest BCUT2D eigenvalue weighted by molar-refractivity contribution is -0.133. The summed E-state index contributed by atoms with van der Waals surface area (Å²) < 4.78 is 16.2. The standard InChI is InChI=1S/C35H63N6O9P/c1-7-10-32(46)12-9-19-37-51(50,38-21-20-36-33(47)11-8-2)41(26-17-34(48)39(22-13-28(3)42)23-14-29(4)43)27-18-35(49)40(24-15-30(5)44)25-16-31(6)45/h7-27H2,1-6H3,(H,36,47)(H2,37,38,50). The van der Waals surface area contributed by atoms with Crippen LogP contribution < -0.4 is 15.5 Å². The second kappa shape index (κ2) is 27.5. The number of Topliss-reactive ketones (excluding diaryl/α,β-unsaturated/α-hetero) is 5. The predicted molar refractivity (Wildman–Crippen MR) is 196 cm³/mol. The number of amides is 3. The summed E-state index contributed by atoms with van der Waals surface area (Å²) >= 11 is 0. The lowest BCUT2D eigenvalue weighted by atomic mass is 10.1. The number of nitrogens with one attached hydrogen (secondary N) is 3. The molecular weight excluding hydrogens is 679 g/mol. The summed E-state index contributed by atoms with van der Waals surface area (Å²) in [5.41, 5.74) is 0. The molecule has 0 spiro atoms. The van der Waals surface area contributed by atoms with E-state index in [1.165, 1.54) is 42.2 Å². The van der Waals surface area contributed by atoms with Gasteiger partial charge in [0, 0.05) is 117 Å². The van der Waals surface area contributed by atoms with Gasteiger partial charge in [0.05, 0.1) is 0 Å². The third-order valence-corrected chi connectivity index (χ3v) is 10.4. The monoisotopic (exact) mass is 742 g/mol. The van der Waals surface area contributed by atoms with Crippen LogP contribution in [0.15, 0.2) is 0 Å². The van der Waals surface area contributed by atoms with Gasteiger partial charge in [0.15, 0.2) is 0 Å². The van der Waals surface area contributed by atoms with Gasteiger partial charge in [-0.15, -0.1) is 0 Å². The third-order valence-electron chi connectivity index (χ3n) is 7.94. The average Bonchev–Trinajstić information content (AvgIpc) is 3.04. The minimum Gasteiger partial charge on any atom is -0.355 e. The second-order valence-corrected chi connectivity index (χ2v) is 15.3. The Bertz CT molecular complexity index is 1090. The van der Waals surface area contributed by atoms with E-state index in [4.69, 9.17) is 0 Å². The molecule has 0 bridgehead atoms. The molecule has 0 aromatic heterocycles. The average molecular weight is 743 g/mol. The highest BCUT2D eigenvalue weighted by Gasteiger charge is 2.32. The van der Waals surface area contributed by atoms with Crippen LogP contribution in [-0.2, 0) is 42.9 Å². The maximum Gasteiger partial charge on any atom is 0.281 e. The predicted octanol–water partition coefficient (Wildman–Crippen LogP) is 3.00. The van der Waals surface area contributed by atoms with Crippen LogP contribution in [0.4, 0.5) is 0 Å². The van der Waals surface area contributed by atoms with Crippen LogP contribution in [0.2, 0.25) is 0 Å². The topological polar surface area (TPSA) is 199 Å². The maximum atomic E-state index is 14.8. The Hall–Kier alpha value is -3.13. The zero-order valence-corrected chi connectivity index (χ0v) is 32.7. The highest BCUT2D eigenvalue weighted by Crippen LogP contribution is 2.41. The molecule has 1 atom stereocenters. The molecule has 0 aromatic carbocycles. The van der Waals surface area contributed by atoms with Gasteiger partial charge < -0.3 is 15.1 Å². The summed E-state index contributed by atoms with van der Waals surface area (Å²) in [5.74, 6) is -1.25.